The van der Waals surface area contributed by atoms with E-state index >= 15 is 0 Å². The number of nitrogens with zero attached hydrogens (tertiary/aromatic N) is 2. The van der Waals surface area contributed by atoms with Crippen LogP contribution in [0.1, 0.15) is 31.5 Å². The van der Waals surface area contributed by atoms with E-state index in [-0.39, 0.29) is 11.8 Å². The molecule has 30 heavy (non-hydrogen) atoms. The van der Waals surface area contributed by atoms with Gasteiger partial charge in [0.15, 0.2) is 0 Å². The first-order valence-electron chi connectivity index (χ1n) is 9.67. The first-order valence-corrected chi connectivity index (χ1v) is 11.4. The number of rotatable bonds is 7. The van der Waals surface area contributed by atoms with Crippen molar-refractivity contribution >= 4 is 50.4 Å². The minimum atomic E-state index is -0.180. The first-order chi connectivity index (χ1) is 14.6. The maximum absolute atomic E-state index is 12.8. The van der Waals surface area contributed by atoms with E-state index in [1.54, 1.807) is 36.6 Å². The minimum Gasteiger partial charge on any atom is -0.352 e. The van der Waals surface area contributed by atoms with Gasteiger partial charge < -0.3 is 10.2 Å². The molecule has 2 amide bonds. The van der Waals surface area contributed by atoms with Gasteiger partial charge in [-0.05, 0) is 42.1 Å². The van der Waals surface area contributed by atoms with E-state index in [1.165, 1.54) is 20.9 Å². The van der Waals surface area contributed by atoms with Crippen LogP contribution in [0.2, 0.25) is 0 Å². The smallest absolute Gasteiger partial charge is 0.268 e. The number of amides is 2. The lowest BCUT2D eigenvalue weighted by Gasteiger charge is -2.19. The van der Waals surface area contributed by atoms with Crippen LogP contribution in [0.5, 0.6) is 0 Å². The van der Waals surface area contributed by atoms with Crippen LogP contribution in [0, 0.1) is 0 Å². The molecule has 7 heteroatoms. The Bertz CT molecular complexity index is 1140. The molecule has 0 unspecified atom stereocenters. The SMILES string of the molecule is CN(C(=O)c1cccs1)c1ccccc1C(=O)NCCCc1nc2ccccc2s1. The molecule has 0 aliphatic rings. The van der Waals surface area contributed by atoms with Crippen LogP contribution in [0.25, 0.3) is 10.2 Å². The maximum atomic E-state index is 12.8. The Balaban J connectivity index is 1.37. The molecule has 0 fully saturated rings. The number of benzene rings is 2. The summed E-state index contributed by atoms with van der Waals surface area (Å²) in [6.07, 6.45) is 1.62. The van der Waals surface area contributed by atoms with Crippen LogP contribution in [-0.4, -0.2) is 30.4 Å². The van der Waals surface area contributed by atoms with Crippen molar-refractivity contribution in [3.63, 3.8) is 0 Å². The van der Waals surface area contributed by atoms with Crippen molar-refractivity contribution in [1.82, 2.24) is 10.3 Å². The van der Waals surface area contributed by atoms with Crippen LogP contribution in [0.15, 0.2) is 66.0 Å². The van der Waals surface area contributed by atoms with E-state index in [0.717, 1.165) is 23.4 Å². The van der Waals surface area contributed by atoms with Gasteiger partial charge in [0, 0.05) is 20.0 Å². The molecule has 2 aromatic heterocycles. The first kappa shape index (κ1) is 20.3. The molecule has 0 radical (unpaired) electrons. The second-order valence-corrected chi connectivity index (χ2v) is 8.86. The van der Waals surface area contributed by atoms with E-state index in [9.17, 15) is 9.59 Å². The molecule has 0 saturated heterocycles. The number of aromatic nitrogens is 1. The van der Waals surface area contributed by atoms with E-state index in [2.05, 4.69) is 16.4 Å². The standard InChI is InChI=1S/C23H21N3O2S2/c1-26(23(28)20-12-7-15-29-20)18-10-4-2-8-16(18)22(27)24-14-6-13-21-25-17-9-3-5-11-19(17)30-21/h2-5,7-12,15H,6,13-14H2,1H3,(H,24,27). The third-order valence-electron chi connectivity index (χ3n) is 4.74. The number of hydrogen-bond donors (Lipinski definition) is 1. The number of aryl methyl sites for hydroxylation is 1. The number of carbonyl (C=O) groups excluding carboxylic acids is 2. The molecular formula is C23H21N3O2S2. The zero-order valence-electron chi connectivity index (χ0n) is 16.5. The highest BCUT2D eigenvalue weighted by atomic mass is 32.1. The molecule has 2 aromatic carbocycles. The van der Waals surface area contributed by atoms with Gasteiger partial charge >= 0.3 is 0 Å². The molecule has 0 atom stereocenters. The molecule has 0 aliphatic heterocycles. The normalized spacial score (nSPS) is 10.8. The van der Waals surface area contributed by atoms with Gasteiger partial charge in [-0.25, -0.2) is 4.98 Å². The van der Waals surface area contributed by atoms with Gasteiger partial charge in [0.05, 0.1) is 31.4 Å². The lowest BCUT2D eigenvalue weighted by atomic mass is 10.1. The Morgan fingerprint density at radius 2 is 1.83 bits per heavy atom. The van der Waals surface area contributed by atoms with Gasteiger partial charge in [0.1, 0.15) is 0 Å². The molecule has 4 aromatic rings. The van der Waals surface area contributed by atoms with E-state index < -0.39 is 0 Å². The predicted molar refractivity (Wildman–Crippen MR) is 124 cm³/mol. The molecule has 0 spiro atoms. The summed E-state index contributed by atoms with van der Waals surface area (Å²) >= 11 is 3.08. The maximum Gasteiger partial charge on any atom is 0.268 e. The quantitative estimate of drug-likeness (QED) is 0.416. The Hall–Kier alpha value is -3.03. The van der Waals surface area contributed by atoms with E-state index in [1.807, 2.05) is 41.8 Å². The van der Waals surface area contributed by atoms with E-state index in [0.29, 0.717) is 22.7 Å². The molecule has 2 heterocycles. The van der Waals surface area contributed by atoms with Gasteiger partial charge in [-0.15, -0.1) is 22.7 Å². The predicted octanol–water partition coefficient (Wildman–Crippen LogP) is 5.00. The van der Waals surface area contributed by atoms with Crippen LogP contribution < -0.4 is 10.2 Å². The van der Waals surface area contributed by atoms with Crippen LogP contribution >= 0.6 is 22.7 Å². The number of thiophene rings is 1. The summed E-state index contributed by atoms with van der Waals surface area (Å²) < 4.78 is 1.18. The number of fused-ring (bicyclic) bond motifs is 1. The summed E-state index contributed by atoms with van der Waals surface area (Å²) in [6, 6.07) is 18.9. The largest absolute Gasteiger partial charge is 0.352 e. The zero-order valence-corrected chi connectivity index (χ0v) is 18.1. The van der Waals surface area contributed by atoms with Crippen molar-refractivity contribution in [2.24, 2.45) is 0 Å². The fourth-order valence-corrected chi connectivity index (χ4v) is 4.90. The third kappa shape index (κ3) is 4.42. The van der Waals surface area contributed by atoms with Crippen molar-refractivity contribution in [1.29, 1.82) is 0 Å². The average Bonchev–Trinajstić information content (AvgIpc) is 3.45. The Labute approximate surface area is 183 Å². The molecular weight excluding hydrogens is 414 g/mol. The highest BCUT2D eigenvalue weighted by molar-refractivity contribution is 7.18. The van der Waals surface area contributed by atoms with Crippen molar-refractivity contribution < 1.29 is 9.59 Å². The molecule has 5 nitrogen and oxygen atoms in total. The number of thiazole rings is 1. The Kier molecular flexibility index (Phi) is 6.21. The number of nitrogens with one attached hydrogen (secondary N) is 1. The average molecular weight is 436 g/mol. The molecule has 152 valence electrons. The summed E-state index contributed by atoms with van der Waals surface area (Å²) in [5.41, 5.74) is 2.11. The molecule has 1 N–H and O–H groups in total. The molecule has 0 saturated carbocycles. The van der Waals surface area contributed by atoms with Gasteiger partial charge in [0.25, 0.3) is 11.8 Å². The zero-order chi connectivity index (χ0) is 20.9. The minimum absolute atomic E-state index is 0.124. The molecule has 0 aliphatic carbocycles. The van der Waals surface area contributed by atoms with Gasteiger partial charge in [-0.1, -0.05) is 30.3 Å². The lowest BCUT2D eigenvalue weighted by Crippen LogP contribution is -2.30. The highest BCUT2D eigenvalue weighted by Crippen LogP contribution is 2.24. The van der Waals surface area contributed by atoms with Crippen molar-refractivity contribution in [2.75, 3.05) is 18.5 Å². The van der Waals surface area contributed by atoms with Gasteiger partial charge in [0.2, 0.25) is 0 Å². The molecule has 4 rings (SSSR count). The second kappa shape index (κ2) is 9.19. The molecule has 0 bridgehead atoms. The van der Waals surface area contributed by atoms with Crippen molar-refractivity contribution in [3.05, 3.63) is 81.5 Å². The lowest BCUT2D eigenvalue weighted by molar-refractivity contribution is 0.0953. The number of para-hydroxylation sites is 2. The summed E-state index contributed by atoms with van der Waals surface area (Å²) in [6.45, 7) is 0.547. The van der Waals surface area contributed by atoms with Crippen molar-refractivity contribution in [3.8, 4) is 0 Å². The van der Waals surface area contributed by atoms with Crippen molar-refractivity contribution in [2.45, 2.75) is 12.8 Å². The second-order valence-electron chi connectivity index (χ2n) is 6.79. The monoisotopic (exact) mass is 435 g/mol. The fraction of sp³-hybridized carbons (Fsp3) is 0.174. The van der Waals surface area contributed by atoms with Gasteiger partial charge in [-0.3, -0.25) is 9.59 Å². The number of hydrogen-bond acceptors (Lipinski definition) is 5. The fourth-order valence-electron chi connectivity index (χ4n) is 3.20. The number of anilines is 1. The summed E-state index contributed by atoms with van der Waals surface area (Å²) in [4.78, 5) is 32.2. The topological polar surface area (TPSA) is 62.3 Å². The van der Waals surface area contributed by atoms with Crippen LogP contribution in [-0.2, 0) is 6.42 Å². The number of carbonyl (C=O) groups is 2. The van der Waals surface area contributed by atoms with E-state index in [4.69, 9.17) is 0 Å². The Morgan fingerprint density at radius 1 is 1.03 bits per heavy atom. The van der Waals surface area contributed by atoms with Crippen LogP contribution in [0.4, 0.5) is 5.69 Å². The summed E-state index contributed by atoms with van der Waals surface area (Å²) in [5.74, 6) is -0.304. The van der Waals surface area contributed by atoms with Gasteiger partial charge in [-0.2, -0.15) is 0 Å². The summed E-state index contributed by atoms with van der Waals surface area (Å²) in [7, 11) is 1.70. The highest BCUT2D eigenvalue weighted by Gasteiger charge is 2.20. The van der Waals surface area contributed by atoms with Crippen LogP contribution in [0.3, 0.4) is 0 Å². The summed E-state index contributed by atoms with van der Waals surface area (Å²) in [5, 5.41) is 5.92. The Morgan fingerprint density at radius 3 is 2.63 bits per heavy atom. The third-order valence-corrected chi connectivity index (χ3v) is 6.69.